The van der Waals surface area contributed by atoms with Gasteiger partial charge in [-0.3, -0.25) is 9.67 Å². The fraction of sp³-hybridized carbons (Fsp3) is 0.500. The standard InChI is InChI=1S/C26H34N6O3/c1-26(2,3)35-25(33)27-11-6-4-5-7-12-32-19-20(17-29-32)22-18-28-21-9-8-10-23(24(21)30-22)31-13-15-34-16-14-31/h8-10,13,17-19H,4-7,11-12,14-16H2,1-3H3/p+1. The molecule has 1 N–H and O–H groups in total. The van der Waals surface area contributed by atoms with E-state index in [2.05, 4.69) is 32.3 Å². The molecule has 0 spiro atoms. The number of ether oxygens (including phenoxy) is 2. The fourth-order valence-electron chi connectivity index (χ4n) is 3.96. The number of aryl methyl sites for hydroxylation is 1. The lowest BCUT2D eigenvalue weighted by Crippen LogP contribution is -2.32. The Hall–Kier alpha value is -3.33. The van der Waals surface area contributed by atoms with Crippen LogP contribution >= 0.6 is 0 Å². The van der Waals surface area contributed by atoms with E-state index in [4.69, 9.17) is 14.5 Å². The number of nitrogens with zero attached hydrogens (tertiary/aromatic N) is 5. The van der Waals surface area contributed by atoms with Crippen molar-refractivity contribution in [3.8, 4) is 11.3 Å². The fourth-order valence-corrected chi connectivity index (χ4v) is 3.96. The minimum Gasteiger partial charge on any atom is -0.444 e. The van der Waals surface area contributed by atoms with E-state index in [1.165, 1.54) is 0 Å². The predicted molar refractivity (Wildman–Crippen MR) is 135 cm³/mol. The number of rotatable bonds is 9. The van der Waals surface area contributed by atoms with E-state index in [0.29, 0.717) is 19.8 Å². The van der Waals surface area contributed by atoms with Gasteiger partial charge in [-0.25, -0.2) is 9.78 Å². The van der Waals surface area contributed by atoms with E-state index in [0.717, 1.165) is 66.8 Å². The Labute approximate surface area is 206 Å². The monoisotopic (exact) mass is 479 g/mol. The van der Waals surface area contributed by atoms with Gasteiger partial charge >= 0.3 is 6.09 Å². The van der Waals surface area contributed by atoms with Gasteiger partial charge in [-0.1, -0.05) is 18.9 Å². The number of aromatic nitrogens is 4. The summed E-state index contributed by atoms with van der Waals surface area (Å²) in [5.41, 5.74) is 4.12. The van der Waals surface area contributed by atoms with Crippen molar-refractivity contribution in [3.63, 3.8) is 0 Å². The molecule has 0 saturated carbocycles. The van der Waals surface area contributed by atoms with Gasteiger partial charge in [0.05, 0.1) is 23.6 Å². The zero-order valence-electron chi connectivity index (χ0n) is 20.9. The molecular weight excluding hydrogens is 444 g/mol. The van der Waals surface area contributed by atoms with E-state index >= 15 is 0 Å². The Bertz CT molecular complexity index is 1180. The maximum atomic E-state index is 11.7. The molecule has 2 aromatic heterocycles. The maximum Gasteiger partial charge on any atom is 0.407 e. The minimum atomic E-state index is -0.464. The minimum absolute atomic E-state index is 0.353. The van der Waals surface area contributed by atoms with Gasteiger partial charge in [0.25, 0.3) is 0 Å². The average Bonchev–Trinajstić information content (AvgIpc) is 3.31. The molecule has 3 heterocycles. The molecule has 9 heteroatoms. The van der Waals surface area contributed by atoms with Crippen molar-refractivity contribution < 1.29 is 18.8 Å². The smallest absolute Gasteiger partial charge is 0.407 e. The third-order valence-electron chi connectivity index (χ3n) is 5.66. The SMILES string of the molecule is CC(C)(C)OC(=O)NCCCCCCn1cc(-c2cnc3cccc([N+]4=CCOCC4)c3n2)cn1. The summed E-state index contributed by atoms with van der Waals surface area (Å²) in [6.45, 7) is 9.17. The van der Waals surface area contributed by atoms with Crippen molar-refractivity contribution >= 4 is 29.0 Å². The summed E-state index contributed by atoms with van der Waals surface area (Å²) in [4.78, 5) is 21.2. The molecule has 1 amide bonds. The van der Waals surface area contributed by atoms with Gasteiger partial charge in [0.1, 0.15) is 18.8 Å². The molecule has 0 fully saturated rings. The van der Waals surface area contributed by atoms with E-state index in [1.54, 1.807) is 0 Å². The van der Waals surface area contributed by atoms with Crippen molar-refractivity contribution in [3.05, 3.63) is 36.8 Å². The molecule has 1 aliphatic rings. The zero-order valence-corrected chi connectivity index (χ0v) is 20.9. The number of alkyl carbamates (subject to hydrolysis) is 1. The van der Waals surface area contributed by atoms with E-state index in [9.17, 15) is 4.79 Å². The lowest BCUT2D eigenvalue weighted by atomic mass is 10.2. The quantitative estimate of drug-likeness (QED) is 0.363. The topological polar surface area (TPSA) is 94.2 Å². The second-order valence-corrected chi connectivity index (χ2v) is 9.69. The molecule has 0 saturated heterocycles. The molecule has 0 unspecified atom stereocenters. The lowest BCUT2D eigenvalue weighted by molar-refractivity contribution is -0.448. The van der Waals surface area contributed by atoms with Gasteiger partial charge in [-0.05, 0) is 39.7 Å². The largest absolute Gasteiger partial charge is 0.444 e. The molecule has 3 aromatic rings. The molecule has 35 heavy (non-hydrogen) atoms. The molecule has 186 valence electrons. The van der Waals surface area contributed by atoms with Crippen LogP contribution in [0.2, 0.25) is 0 Å². The normalized spacial score (nSPS) is 14.1. The van der Waals surface area contributed by atoms with Gasteiger partial charge in [0.2, 0.25) is 5.69 Å². The van der Waals surface area contributed by atoms with E-state index in [-0.39, 0.29) is 6.09 Å². The molecule has 9 nitrogen and oxygen atoms in total. The lowest BCUT2D eigenvalue weighted by Gasteiger charge is -2.19. The highest BCUT2D eigenvalue weighted by atomic mass is 16.6. The van der Waals surface area contributed by atoms with Crippen molar-refractivity contribution in [1.82, 2.24) is 25.1 Å². The molecule has 0 bridgehead atoms. The summed E-state index contributed by atoms with van der Waals surface area (Å²) in [5, 5.41) is 7.32. The molecule has 0 aliphatic carbocycles. The average molecular weight is 480 g/mol. The molecular formula is C26H35N6O3+. The number of carbonyl (C=O) groups excluding carboxylic acids is 1. The van der Waals surface area contributed by atoms with Gasteiger partial charge in [0, 0.05) is 30.9 Å². The third kappa shape index (κ3) is 7.08. The van der Waals surface area contributed by atoms with E-state index in [1.807, 2.05) is 56.2 Å². The van der Waals surface area contributed by atoms with Crippen LogP contribution in [-0.4, -0.2) is 68.5 Å². The van der Waals surface area contributed by atoms with Crippen molar-refractivity contribution in [2.45, 2.75) is 58.6 Å². The number of benzene rings is 1. The molecule has 4 rings (SSSR count). The van der Waals surface area contributed by atoms with Crippen LogP contribution in [0, 0.1) is 0 Å². The van der Waals surface area contributed by atoms with E-state index < -0.39 is 5.60 Å². The number of carbonyl (C=O) groups is 1. The van der Waals surface area contributed by atoms with Crippen LogP contribution in [-0.2, 0) is 16.0 Å². The summed E-state index contributed by atoms with van der Waals surface area (Å²) < 4.78 is 14.8. The summed E-state index contributed by atoms with van der Waals surface area (Å²) >= 11 is 0. The van der Waals surface area contributed by atoms with Crippen LogP contribution in [0.4, 0.5) is 10.5 Å². The first kappa shape index (κ1) is 24.8. The predicted octanol–water partition coefficient (Wildman–Crippen LogP) is 4.32. The highest BCUT2D eigenvalue weighted by molar-refractivity contribution is 5.86. The number of amides is 1. The Kier molecular flexibility index (Phi) is 8.07. The van der Waals surface area contributed by atoms with Crippen LogP contribution in [0.1, 0.15) is 46.5 Å². The number of fused-ring (bicyclic) bond motifs is 1. The maximum absolute atomic E-state index is 11.7. The first-order valence-electron chi connectivity index (χ1n) is 12.3. The van der Waals surface area contributed by atoms with Crippen LogP contribution < -0.4 is 5.32 Å². The third-order valence-corrected chi connectivity index (χ3v) is 5.66. The van der Waals surface area contributed by atoms with Gasteiger partial charge in [0.15, 0.2) is 18.3 Å². The Balaban J connectivity index is 1.28. The molecule has 1 aromatic carbocycles. The number of nitrogens with one attached hydrogen (secondary N) is 1. The first-order valence-corrected chi connectivity index (χ1v) is 12.3. The number of hydrogen-bond donors (Lipinski definition) is 1. The highest BCUT2D eigenvalue weighted by Gasteiger charge is 2.19. The van der Waals surface area contributed by atoms with Crippen LogP contribution in [0.5, 0.6) is 0 Å². The Morgan fingerprint density at radius 3 is 2.86 bits per heavy atom. The number of hydrogen-bond acceptors (Lipinski definition) is 6. The summed E-state index contributed by atoms with van der Waals surface area (Å²) in [6.07, 6.45) is 11.5. The summed E-state index contributed by atoms with van der Waals surface area (Å²) in [5.74, 6) is 0. The van der Waals surface area contributed by atoms with Gasteiger partial charge in [-0.15, -0.1) is 0 Å². The molecule has 1 aliphatic heterocycles. The Morgan fingerprint density at radius 2 is 2.06 bits per heavy atom. The van der Waals surface area contributed by atoms with Crippen molar-refractivity contribution in [1.29, 1.82) is 0 Å². The highest BCUT2D eigenvalue weighted by Crippen LogP contribution is 2.26. The molecule has 0 atom stereocenters. The second kappa shape index (κ2) is 11.4. The van der Waals surface area contributed by atoms with Gasteiger partial charge in [-0.2, -0.15) is 9.67 Å². The van der Waals surface area contributed by atoms with Gasteiger partial charge < -0.3 is 14.8 Å². The van der Waals surface area contributed by atoms with Crippen LogP contribution in [0.15, 0.2) is 36.8 Å². The molecule has 0 radical (unpaired) electrons. The van der Waals surface area contributed by atoms with Crippen LogP contribution in [0.25, 0.3) is 22.3 Å². The Morgan fingerprint density at radius 1 is 1.20 bits per heavy atom. The summed E-state index contributed by atoms with van der Waals surface area (Å²) in [6, 6.07) is 6.08. The summed E-state index contributed by atoms with van der Waals surface area (Å²) in [7, 11) is 0. The first-order chi connectivity index (χ1) is 16.9. The second-order valence-electron chi connectivity index (χ2n) is 9.69. The van der Waals surface area contributed by atoms with Crippen molar-refractivity contribution in [2.24, 2.45) is 0 Å². The van der Waals surface area contributed by atoms with Crippen molar-refractivity contribution in [2.75, 3.05) is 26.3 Å². The van der Waals surface area contributed by atoms with Crippen LogP contribution in [0.3, 0.4) is 0 Å². The number of para-hydroxylation sites is 1. The zero-order chi connectivity index (χ0) is 24.7. The number of unbranched alkanes of at least 4 members (excludes halogenated alkanes) is 3.